The van der Waals surface area contributed by atoms with Crippen molar-refractivity contribution in [2.45, 2.75) is 33.2 Å². The lowest BCUT2D eigenvalue weighted by molar-refractivity contribution is 0.493. The molecule has 0 fully saturated rings. The summed E-state index contributed by atoms with van der Waals surface area (Å²) >= 11 is 7.13. The molecule has 4 heteroatoms. The second kappa shape index (κ2) is 6.92. The van der Waals surface area contributed by atoms with Crippen LogP contribution in [-0.2, 0) is 0 Å². The standard InChI is InChI=1S/C16H19Br2NO/c1-4-5-19-16(15-6-10(2)20-11(15)3)12-7-13(17)9-14(18)8-12/h6-9,16,19H,4-5H2,1-3H3. The summed E-state index contributed by atoms with van der Waals surface area (Å²) in [5, 5.41) is 3.61. The van der Waals surface area contributed by atoms with Crippen molar-refractivity contribution in [3.8, 4) is 0 Å². The summed E-state index contributed by atoms with van der Waals surface area (Å²) in [5.41, 5.74) is 2.43. The van der Waals surface area contributed by atoms with Gasteiger partial charge in [0, 0.05) is 14.5 Å². The maximum absolute atomic E-state index is 5.69. The van der Waals surface area contributed by atoms with Gasteiger partial charge >= 0.3 is 0 Å². The van der Waals surface area contributed by atoms with E-state index in [1.807, 2.05) is 19.9 Å². The Morgan fingerprint density at radius 1 is 1.10 bits per heavy atom. The van der Waals surface area contributed by atoms with Crippen molar-refractivity contribution in [3.05, 3.63) is 55.9 Å². The van der Waals surface area contributed by atoms with Crippen LogP contribution in [0.2, 0.25) is 0 Å². The molecule has 2 rings (SSSR count). The molecule has 0 spiro atoms. The van der Waals surface area contributed by atoms with E-state index in [4.69, 9.17) is 4.42 Å². The summed E-state index contributed by atoms with van der Waals surface area (Å²) in [6.45, 7) is 7.16. The fraction of sp³-hybridized carbons (Fsp3) is 0.375. The molecule has 1 N–H and O–H groups in total. The first-order valence-electron chi connectivity index (χ1n) is 6.77. The van der Waals surface area contributed by atoms with Gasteiger partial charge in [-0.05, 0) is 56.6 Å². The number of aryl methyl sites for hydroxylation is 2. The van der Waals surface area contributed by atoms with E-state index < -0.39 is 0 Å². The molecule has 0 radical (unpaired) electrons. The first-order chi connectivity index (χ1) is 9.51. The number of nitrogens with one attached hydrogen (secondary N) is 1. The highest BCUT2D eigenvalue weighted by Gasteiger charge is 2.19. The summed E-state index contributed by atoms with van der Waals surface area (Å²) in [5.74, 6) is 1.93. The average Bonchev–Trinajstić information content (AvgIpc) is 2.68. The highest BCUT2D eigenvalue weighted by molar-refractivity contribution is 9.11. The summed E-state index contributed by atoms with van der Waals surface area (Å²) in [4.78, 5) is 0. The van der Waals surface area contributed by atoms with Crippen LogP contribution in [0.3, 0.4) is 0 Å². The fourth-order valence-electron chi connectivity index (χ4n) is 2.37. The summed E-state index contributed by atoms with van der Waals surface area (Å²) < 4.78 is 7.84. The summed E-state index contributed by atoms with van der Waals surface area (Å²) in [6.07, 6.45) is 1.10. The Bertz CT molecular complexity index is 572. The highest BCUT2D eigenvalue weighted by Crippen LogP contribution is 2.31. The van der Waals surface area contributed by atoms with Gasteiger partial charge < -0.3 is 9.73 Å². The van der Waals surface area contributed by atoms with Gasteiger partial charge in [0.1, 0.15) is 11.5 Å². The quantitative estimate of drug-likeness (QED) is 0.715. The van der Waals surface area contributed by atoms with Crippen LogP contribution in [0.4, 0.5) is 0 Å². The van der Waals surface area contributed by atoms with E-state index in [0.717, 1.165) is 33.4 Å². The molecule has 0 aliphatic heterocycles. The van der Waals surface area contributed by atoms with Crippen molar-refractivity contribution >= 4 is 31.9 Å². The van der Waals surface area contributed by atoms with Gasteiger partial charge in [0.05, 0.1) is 6.04 Å². The number of benzene rings is 1. The first kappa shape index (κ1) is 15.8. The van der Waals surface area contributed by atoms with Crippen LogP contribution >= 0.6 is 31.9 Å². The van der Waals surface area contributed by atoms with Gasteiger partial charge in [-0.1, -0.05) is 38.8 Å². The van der Waals surface area contributed by atoms with Gasteiger partial charge in [-0.2, -0.15) is 0 Å². The van der Waals surface area contributed by atoms with Crippen LogP contribution in [0.25, 0.3) is 0 Å². The highest BCUT2D eigenvalue weighted by atomic mass is 79.9. The summed E-state index contributed by atoms with van der Waals surface area (Å²) in [6, 6.07) is 8.63. The lowest BCUT2D eigenvalue weighted by Gasteiger charge is -2.19. The van der Waals surface area contributed by atoms with Gasteiger partial charge in [0.15, 0.2) is 0 Å². The number of hydrogen-bond donors (Lipinski definition) is 1. The topological polar surface area (TPSA) is 25.2 Å². The smallest absolute Gasteiger partial charge is 0.106 e. The van der Waals surface area contributed by atoms with E-state index in [9.17, 15) is 0 Å². The molecule has 0 amide bonds. The van der Waals surface area contributed by atoms with E-state index in [0.29, 0.717) is 0 Å². The van der Waals surface area contributed by atoms with Crippen molar-refractivity contribution < 1.29 is 4.42 Å². The Hall–Kier alpha value is -0.580. The van der Waals surface area contributed by atoms with Crippen LogP contribution < -0.4 is 5.32 Å². The maximum Gasteiger partial charge on any atom is 0.106 e. The Balaban J connectivity index is 2.43. The van der Waals surface area contributed by atoms with Crippen LogP contribution in [-0.4, -0.2) is 6.54 Å². The molecule has 1 aromatic heterocycles. The number of furan rings is 1. The number of hydrogen-bond acceptors (Lipinski definition) is 2. The predicted molar refractivity (Wildman–Crippen MR) is 90.2 cm³/mol. The van der Waals surface area contributed by atoms with Crippen LogP contribution in [0.15, 0.2) is 37.6 Å². The summed E-state index contributed by atoms with van der Waals surface area (Å²) in [7, 11) is 0. The molecule has 0 saturated heterocycles. The van der Waals surface area contributed by atoms with E-state index in [1.165, 1.54) is 11.1 Å². The Morgan fingerprint density at radius 3 is 2.25 bits per heavy atom. The molecular formula is C16H19Br2NO. The number of halogens is 2. The van der Waals surface area contributed by atoms with Crippen molar-refractivity contribution in [1.29, 1.82) is 0 Å². The molecule has 0 bridgehead atoms. The molecule has 2 nitrogen and oxygen atoms in total. The SMILES string of the molecule is CCCNC(c1cc(Br)cc(Br)c1)c1cc(C)oc1C. The number of rotatable bonds is 5. The Kier molecular flexibility index (Phi) is 5.47. The lowest BCUT2D eigenvalue weighted by atomic mass is 9.99. The third-order valence-electron chi connectivity index (χ3n) is 3.21. The van der Waals surface area contributed by atoms with Gasteiger partial charge in [0.25, 0.3) is 0 Å². The molecule has 1 aromatic carbocycles. The molecule has 1 atom stereocenters. The second-order valence-electron chi connectivity index (χ2n) is 4.96. The van der Waals surface area contributed by atoms with Gasteiger partial charge in [-0.25, -0.2) is 0 Å². The zero-order chi connectivity index (χ0) is 14.7. The van der Waals surface area contributed by atoms with Gasteiger partial charge in [-0.15, -0.1) is 0 Å². The fourth-order valence-corrected chi connectivity index (χ4v) is 3.70. The third-order valence-corrected chi connectivity index (χ3v) is 4.12. The average molecular weight is 401 g/mol. The molecule has 0 saturated carbocycles. The Labute approximate surface area is 137 Å². The van der Waals surface area contributed by atoms with Crippen molar-refractivity contribution in [2.75, 3.05) is 6.54 Å². The Morgan fingerprint density at radius 2 is 1.75 bits per heavy atom. The maximum atomic E-state index is 5.69. The molecule has 2 aromatic rings. The molecule has 108 valence electrons. The van der Waals surface area contributed by atoms with E-state index >= 15 is 0 Å². The largest absolute Gasteiger partial charge is 0.466 e. The minimum absolute atomic E-state index is 0.154. The lowest BCUT2D eigenvalue weighted by Crippen LogP contribution is -2.23. The van der Waals surface area contributed by atoms with Gasteiger partial charge in [-0.3, -0.25) is 0 Å². The van der Waals surface area contributed by atoms with E-state index in [2.05, 4.69) is 62.3 Å². The van der Waals surface area contributed by atoms with Crippen molar-refractivity contribution in [1.82, 2.24) is 5.32 Å². The monoisotopic (exact) mass is 399 g/mol. The zero-order valence-corrected chi connectivity index (χ0v) is 15.1. The second-order valence-corrected chi connectivity index (χ2v) is 6.79. The van der Waals surface area contributed by atoms with E-state index in [1.54, 1.807) is 0 Å². The molecule has 0 aliphatic rings. The minimum atomic E-state index is 0.154. The van der Waals surface area contributed by atoms with E-state index in [-0.39, 0.29) is 6.04 Å². The zero-order valence-electron chi connectivity index (χ0n) is 12.0. The van der Waals surface area contributed by atoms with Crippen LogP contribution in [0.5, 0.6) is 0 Å². The van der Waals surface area contributed by atoms with Crippen LogP contribution in [0, 0.1) is 13.8 Å². The van der Waals surface area contributed by atoms with Crippen molar-refractivity contribution in [3.63, 3.8) is 0 Å². The predicted octanol–water partition coefficient (Wildman–Crippen LogP) is 5.51. The molecule has 0 aliphatic carbocycles. The third kappa shape index (κ3) is 3.74. The van der Waals surface area contributed by atoms with Crippen LogP contribution in [0.1, 0.15) is 42.0 Å². The molecular weight excluding hydrogens is 382 g/mol. The normalized spacial score (nSPS) is 12.7. The first-order valence-corrected chi connectivity index (χ1v) is 8.36. The van der Waals surface area contributed by atoms with Gasteiger partial charge in [0.2, 0.25) is 0 Å². The molecule has 20 heavy (non-hydrogen) atoms. The molecule has 1 heterocycles. The minimum Gasteiger partial charge on any atom is -0.466 e. The molecule has 1 unspecified atom stereocenters. The van der Waals surface area contributed by atoms with Crippen molar-refractivity contribution in [2.24, 2.45) is 0 Å².